The van der Waals surface area contributed by atoms with Gasteiger partial charge in [0.25, 0.3) is 0 Å². The van der Waals surface area contributed by atoms with Gasteiger partial charge < -0.3 is 20.3 Å². The van der Waals surface area contributed by atoms with E-state index in [9.17, 15) is 10.1 Å². The number of morpholine rings is 1. The van der Waals surface area contributed by atoms with E-state index in [-0.39, 0.29) is 26.6 Å². The topological polar surface area (TPSA) is 103 Å². The van der Waals surface area contributed by atoms with Crippen LogP contribution < -0.4 is 15.5 Å². The summed E-state index contributed by atoms with van der Waals surface area (Å²) >= 11 is 12.3. The van der Waals surface area contributed by atoms with Crippen molar-refractivity contribution in [2.45, 2.75) is 50.6 Å². The molecule has 2 fully saturated rings. The molecule has 0 spiro atoms. The van der Waals surface area contributed by atoms with Crippen molar-refractivity contribution in [1.82, 2.24) is 15.3 Å². The number of halogens is 4. The Morgan fingerprint density at radius 1 is 1.19 bits per heavy atom. The maximum atomic E-state index is 15.8. The first-order valence-corrected chi connectivity index (χ1v) is 14.7. The number of anilines is 2. The summed E-state index contributed by atoms with van der Waals surface area (Å²) in [6.45, 7) is 8.37. The predicted molar refractivity (Wildman–Crippen MR) is 161 cm³/mol. The Hall–Kier alpha value is -3.36. The molecule has 8 nitrogen and oxygen atoms in total. The molecule has 0 bridgehead atoms. The summed E-state index contributed by atoms with van der Waals surface area (Å²) in [5, 5.41) is 17.0. The highest BCUT2D eigenvalue weighted by Crippen LogP contribution is 2.52. The maximum absolute atomic E-state index is 15.8. The van der Waals surface area contributed by atoms with Gasteiger partial charge in [-0.05, 0) is 35.6 Å². The van der Waals surface area contributed by atoms with Crippen LogP contribution in [0.2, 0.25) is 10.0 Å². The van der Waals surface area contributed by atoms with E-state index >= 15 is 8.78 Å². The number of nitrogens with one attached hydrogen (secondary N) is 2. The van der Waals surface area contributed by atoms with Crippen molar-refractivity contribution in [3.8, 4) is 6.07 Å². The fourth-order valence-corrected chi connectivity index (χ4v) is 6.43. The molecule has 2 N–H and O–H groups in total. The molecule has 0 aliphatic carbocycles. The lowest BCUT2D eigenvalue weighted by Gasteiger charge is -2.37. The highest BCUT2D eigenvalue weighted by molar-refractivity contribution is 6.31. The van der Waals surface area contributed by atoms with Gasteiger partial charge in [-0.2, -0.15) is 5.26 Å². The van der Waals surface area contributed by atoms with Gasteiger partial charge in [-0.25, -0.2) is 18.7 Å². The standard InChI is InChI=1S/C31H32Cl2F2N6O2/c1-30(2,3)14-24-31(17-36,21-8-7-18(32)13-23(21)34)25(20-5-4-6-22(33)26(20)35)27(40-24)28(42)39-19-15-37-29(38-16-19)41-9-11-43-12-10-41/h4-8,13,15-16,24-25,27,40H,9-12,14H2,1-3H3,(H,39,42)/t24?,25?,27-,31+/m1/s1. The molecule has 4 atom stereocenters. The Kier molecular flexibility index (Phi) is 8.91. The number of aromatic nitrogens is 2. The van der Waals surface area contributed by atoms with Crippen LogP contribution in [0.5, 0.6) is 0 Å². The van der Waals surface area contributed by atoms with Crippen LogP contribution in [0.4, 0.5) is 20.4 Å². The number of ether oxygens (including phenoxy) is 1. The van der Waals surface area contributed by atoms with E-state index in [0.29, 0.717) is 44.4 Å². The summed E-state index contributed by atoms with van der Waals surface area (Å²) in [4.78, 5) is 24.8. The van der Waals surface area contributed by atoms with Crippen LogP contribution >= 0.6 is 23.2 Å². The molecule has 43 heavy (non-hydrogen) atoms. The van der Waals surface area contributed by atoms with Gasteiger partial charge in [0.1, 0.15) is 17.0 Å². The number of nitrogens with zero attached hydrogens (tertiary/aromatic N) is 4. The second-order valence-corrected chi connectivity index (χ2v) is 12.9. The van der Waals surface area contributed by atoms with Crippen molar-refractivity contribution in [3.05, 3.63) is 81.6 Å². The Morgan fingerprint density at radius 3 is 2.51 bits per heavy atom. The minimum absolute atomic E-state index is 0.0130. The number of hydrogen-bond acceptors (Lipinski definition) is 7. The lowest BCUT2D eigenvalue weighted by atomic mass is 9.62. The van der Waals surface area contributed by atoms with E-state index in [0.717, 1.165) is 6.07 Å². The molecule has 2 aliphatic heterocycles. The highest BCUT2D eigenvalue weighted by atomic mass is 35.5. The number of rotatable bonds is 6. The Bertz CT molecular complexity index is 1540. The van der Waals surface area contributed by atoms with E-state index in [1.807, 2.05) is 25.7 Å². The first kappa shape index (κ1) is 31.1. The van der Waals surface area contributed by atoms with Crippen LogP contribution in [0.1, 0.15) is 44.2 Å². The minimum Gasteiger partial charge on any atom is -0.378 e. The van der Waals surface area contributed by atoms with Gasteiger partial charge in [-0.1, -0.05) is 62.2 Å². The number of amides is 1. The molecule has 2 aromatic carbocycles. The van der Waals surface area contributed by atoms with Gasteiger partial charge >= 0.3 is 0 Å². The lowest BCUT2D eigenvalue weighted by molar-refractivity contribution is -0.118. The fourth-order valence-electron chi connectivity index (χ4n) is 6.09. The van der Waals surface area contributed by atoms with Crippen molar-refractivity contribution in [2.24, 2.45) is 5.41 Å². The Balaban J connectivity index is 1.60. The zero-order valence-corrected chi connectivity index (χ0v) is 25.5. The molecule has 226 valence electrons. The molecule has 5 rings (SSSR count). The number of hydrogen-bond donors (Lipinski definition) is 2. The number of benzene rings is 2. The summed E-state index contributed by atoms with van der Waals surface area (Å²) in [5.74, 6) is -2.73. The molecular weight excluding hydrogens is 597 g/mol. The molecule has 3 heterocycles. The van der Waals surface area contributed by atoms with Gasteiger partial charge in [-0.15, -0.1) is 0 Å². The Morgan fingerprint density at radius 2 is 1.88 bits per heavy atom. The average Bonchev–Trinajstić information content (AvgIpc) is 3.28. The SMILES string of the molecule is CC(C)(C)CC1N[C@@H](C(=O)Nc2cnc(N3CCOCC3)nc2)C(c2cccc(Cl)c2F)[C@@]1(C#N)c1ccc(Cl)cc1F. The van der Waals surface area contributed by atoms with Crippen LogP contribution in [0.3, 0.4) is 0 Å². The summed E-state index contributed by atoms with van der Waals surface area (Å²) in [6, 6.07) is 8.88. The van der Waals surface area contributed by atoms with E-state index < -0.39 is 41.0 Å². The van der Waals surface area contributed by atoms with E-state index in [1.165, 1.54) is 36.7 Å². The summed E-state index contributed by atoms with van der Waals surface area (Å²) < 4.78 is 37.0. The monoisotopic (exact) mass is 628 g/mol. The van der Waals surface area contributed by atoms with Gasteiger partial charge in [0, 0.05) is 35.6 Å². The normalized spacial score (nSPS) is 24.0. The van der Waals surface area contributed by atoms with E-state index in [4.69, 9.17) is 27.9 Å². The molecule has 2 aliphatic rings. The second-order valence-electron chi connectivity index (χ2n) is 12.0. The molecule has 2 unspecified atom stereocenters. The van der Waals surface area contributed by atoms with Crippen LogP contribution in [-0.2, 0) is 14.9 Å². The largest absolute Gasteiger partial charge is 0.378 e. The highest BCUT2D eigenvalue weighted by Gasteiger charge is 2.61. The summed E-state index contributed by atoms with van der Waals surface area (Å²) in [5.41, 5.74) is -1.72. The van der Waals surface area contributed by atoms with Crippen LogP contribution in [0.15, 0.2) is 48.8 Å². The molecule has 0 saturated carbocycles. The van der Waals surface area contributed by atoms with Crippen molar-refractivity contribution < 1.29 is 18.3 Å². The van der Waals surface area contributed by atoms with Gasteiger partial charge in [-0.3, -0.25) is 4.79 Å². The zero-order valence-electron chi connectivity index (χ0n) is 24.0. The summed E-state index contributed by atoms with van der Waals surface area (Å²) in [6.07, 6.45) is 3.34. The van der Waals surface area contributed by atoms with E-state index in [1.54, 1.807) is 6.07 Å². The molecule has 3 aromatic rings. The number of carbonyl (C=O) groups is 1. The molecule has 1 amide bonds. The fraction of sp³-hybridized carbons (Fsp3) is 0.419. The van der Waals surface area contributed by atoms with E-state index in [2.05, 4.69) is 26.7 Å². The van der Waals surface area contributed by atoms with Gasteiger partial charge in [0.15, 0.2) is 0 Å². The zero-order chi connectivity index (χ0) is 30.9. The molecule has 1 aromatic heterocycles. The first-order chi connectivity index (χ1) is 20.4. The van der Waals surface area contributed by atoms with Crippen LogP contribution in [0.25, 0.3) is 0 Å². The maximum Gasteiger partial charge on any atom is 0.242 e. The predicted octanol–water partition coefficient (Wildman–Crippen LogP) is 5.86. The smallest absolute Gasteiger partial charge is 0.242 e. The van der Waals surface area contributed by atoms with Crippen LogP contribution in [-0.4, -0.2) is 54.3 Å². The van der Waals surface area contributed by atoms with Crippen molar-refractivity contribution in [2.75, 3.05) is 36.5 Å². The number of nitriles is 1. The molecule has 0 radical (unpaired) electrons. The second kappa shape index (κ2) is 12.3. The quantitative estimate of drug-likeness (QED) is 0.352. The van der Waals surface area contributed by atoms with Crippen molar-refractivity contribution in [3.63, 3.8) is 0 Å². The lowest BCUT2D eigenvalue weighted by Crippen LogP contribution is -2.45. The van der Waals surface area contributed by atoms with Crippen LogP contribution in [0, 0.1) is 28.4 Å². The van der Waals surface area contributed by atoms with Crippen molar-refractivity contribution >= 4 is 40.7 Å². The minimum atomic E-state index is -1.72. The Labute approximate surface area is 259 Å². The first-order valence-electron chi connectivity index (χ1n) is 14.0. The van der Waals surface area contributed by atoms with Crippen molar-refractivity contribution in [1.29, 1.82) is 5.26 Å². The summed E-state index contributed by atoms with van der Waals surface area (Å²) in [7, 11) is 0. The molecular formula is C31H32Cl2F2N6O2. The van der Waals surface area contributed by atoms with Gasteiger partial charge in [0.2, 0.25) is 11.9 Å². The van der Waals surface area contributed by atoms with Gasteiger partial charge in [0.05, 0.1) is 48.4 Å². The molecule has 2 saturated heterocycles. The third-order valence-electron chi connectivity index (χ3n) is 7.93. The third kappa shape index (κ3) is 6.18. The average molecular weight is 630 g/mol. The number of carbonyl (C=O) groups excluding carboxylic acids is 1. The molecule has 12 heteroatoms. The third-order valence-corrected chi connectivity index (χ3v) is 8.46.